The van der Waals surface area contributed by atoms with Gasteiger partial charge in [0.15, 0.2) is 0 Å². The van der Waals surface area contributed by atoms with E-state index in [1.807, 2.05) is 12.1 Å². The Balaban J connectivity index is 1.85. The van der Waals surface area contributed by atoms with Gasteiger partial charge in [0.2, 0.25) is 0 Å². The van der Waals surface area contributed by atoms with E-state index >= 15 is 0 Å². The molecule has 4 nitrogen and oxygen atoms in total. The summed E-state index contributed by atoms with van der Waals surface area (Å²) in [7, 11) is 1.43. The number of phenolic OH excluding ortho intramolecular Hbond substituents is 1. The number of aromatic hydroxyl groups is 1. The van der Waals surface area contributed by atoms with E-state index in [1.54, 1.807) is 6.07 Å². The Hall–Kier alpha value is -1.55. The van der Waals surface area contributed by atoms with Crippen LogP contribution in [0.3, 0.4) is 0 Å². The summed E-state index contributed by atoms with van der Waals surface area (Å²) in [5.41, 5.74) is 2.28. The van der Waals surface area contributed by atoms with Crippen LogP contribution < -0.4 is 5.32 Å². The van der Waals surface area contributed by atoms with Gasteiger partial charge < -0.3 is 9.84 Å². The predicted octanol–water partition coefficient (Wildman–Crippen LogP) is 2.70. The van der Waals surface area contributed by atoms with E-state index in [0.717, 1.165) is 17.5 Å². The first-order chi connectivity index (χ1) is 10.2. The zero-order chi connectivity index (χ0) is 14.8. The number of ether oxygens (including phenoxy) is 1. The van der Waals surface area contributed by atoms with Crippen LogP contribution in [-0.4, -0.2) is 24.2 Å². The molecule has 0 amide bonds. The van der Waals surface area contributed by atoms with Gasteiger partial charge in [0, 0.05) is 6.04 Å². The molecule has 0 saturated heterocycles. The molecule has 1 aliphatic heterocycles. The van der Waals surface area contributed by atoms with Gasteiger partial charge >= 0.3 is 5.97 Å². The minimum absolute atomic E-state index is 0.132. The predicted molar refractivity (Wildman–Crippen MR) is 80.1 cm³/mol. The second-order valence-corrected chi connectivity index (χ2v) is 6.27. The van der Waals surface area contributed by atoms with Crippen LogP contribution in [0.5, 0.6) is 5.75 Å². The van der Waals surface area contributed by atoms with Crippen LogP contribution in [0.1, 0.15) is 49.3 Å². The number of phenols is 1. The van der Waals surface area contributed by atoms with Gasteiger partial charge in [-0.1, -0.05) is 31.7 Å². The molecule has 0 radical (unpaired) electrons. The minimum Gasteiger partial charge on any atom is -0.508 e. The molecule has 21 heavy (non-hydrogen) atoms. The van der Waals surface area contributed by atoms with Gasteiger partial charge in [-0.2, -0.15) is 0 Å². The van der Waals surface area contributed by atoms with Gasteiger partial charge in [-0.15, -0.1) is 0 Å². The fraction of sp³-hybridized carbons (Fsp3) is 0.588. The summed E-state index contributed by atoms with van der Waals surface area (Å²) in [5.74, 6) is 0.808. The normalized spacial score (nSPS) is 25.6. The Bertz CT molecular complexity index is 523. The maximum absolute atomic E-state index is 11.9. The number of nitrogens with one attached hydrogen (secondary N) is 1. The Morgan fingerprint density at radius 3 is 2.86 bits per heavy atom. The smallest absolute Gasteiger partial charge is 0.323 e. The van der Waals surface area contributed by atoms with Crippen molar-refractivity contribution < 1.29 is 14.6 Å². The van der Waals surface area contributed by atoms with E-state index in [0.29, 0.717) is 18.1 Å². The second kappa shape index (κ2) is 6.06. The van der Waals surface area contributed by atoms with Crippen molar-refractivity contribution in [3.05, 3.63) is 29.3 Å². The van der Waals surface area contributed by atoms with Gasteiger partial charge in [0.1, 0.15) is 11.8 Å². The summed E-state index contributed by atoms with van der Waals surface area (Å²) in [6, 6.07) is 5.33. The zero-order valence-corrected chi connectivity index (χ0v) is 12.5. The Kier molecular flexibility index (Phi) is 4.15. The molecule has 3 rings (SSSR count). The number of carbonyl (C=O) groups excluding carboxylic acids is 1. The van der Waals surface area contributed by atoms with Crippen molar-refractivity contribution in [3.8, 4) is 5.75 Å². The molecular weight excluding hydrogens is 266 g/mol. The summed E-state index contributed by atoms with van der Waals surface area (Å²) in [4.78, 5) is 11.9. The first-order valence-electron chi connectivity index (χ1n) is 7.83. The van der Waals surface area contributed by atoms with Gasteiger partial charge in [-0.3, -0.25) is 10.1 Å². The van der Waals surface area contributed by atoms with Crippen LogP contribution in [0.25, 0.3) is 0 Å². The van der Waals surface area contributed by atoms with Crippen LogP contribution in [0.15, 0.2) is 18.2 Å². The molecule has 2 unspecified atom stereocenters. The Morgan fingerprint density at radius 1 is 1.38 bits per heavy atom. The molecule has 2 aliphatic rings. The average Bonchev–Trinajstić information content (AvgIpc) is 2.99. The monoisotopic (exact) mass is 289 g/mol. The number of carbonyl (C=O) groups is 1. The molecule has 4 heteroatoms. The third-order valence-corrected chi connectivity index (χ3v) is 4.86. The molecule has 1 heterocycles. The lowest BCUT2D eigenvalue weighted by Gasteiger charge is -2.33. The average molecular weight is 289 g/mol. The standard InChI is InChI=1S/C17H23NO3/c1-21-17(20)16-9-12-6-7-13(19)10-14(12)15(18-16)8-11-4-2-3-5-11/h6-7,10-11,15-16,18-19H,2-5,8-9H2,1H3. The summed E-state index contributed by atoms with van der Waals surface area (Å²) in [6.45, 7) is 0. The van der Waals surface area contributed by atoms with Crippen molar-refractivity contribution in [2.75, 3.05) is 7.11 Å². The van der Waals surface area contributed by atoms with E-state index in [9.17, 15) is 9.90 Å². The van der Waals surface area contributed by atoms with Crippen molar-refractivity contribution in [1.29, 1.82) is 0 Å². The van der Waals surface area contributed by atoms with Crippen LogP contribution in [0, 0.1) is 5.92 Å². The highest BCUT2D eigenvalue weighted by molar-refractivity contribution is 5.76. The van der Waals surface area contributed by atoms with Crippen molar-refractivity contribution >= 4 is 5.97 Å². The Morgan fingerprint density at radius 2 is 2.14 bits per heavy atom. The molecule has 2 N–H and O–H groups in total. The lowest BCUT2D eigenvalue weighted by molar-refractivity contribution is -0.143. The number of rotatable bonds is 3. The quantitative estimate of drug-likeness (QED) is 0.840. The molecule has 1 saturated carbocycles. The molecule has 0 spiro atoms. The van der Waals surface area contributed by atoms with Crippen molar-refractivity contribution in [1.82, 2.24) is 5.32 Å². The minimum atomic E-state index is -0.279. The number of methoxy groups -OCH3 is 1. The van der Waals surface area contributed by atoms with E-state index in [-0.39, 0.29) is 18.1 Å². The van der Waals surface area contributed by atoms with Gasteiger partial charge in [0.25, 0.3) is 0 Å². The number of fused-ring (bicyclic) bond motifs is 1. The zero-order valence-electron chi connectivity index (χ0n) is 12.5. The number of hydrogen-bond acceptors (Lipinski definition) is 4. The molecule has 114 valence electrons. The van der Waals surface area contributed by atoms with Gasteiger partial charge in [-0.25, -0.2) is 0 Å². The van der Waals surface area contributed by atoms with Crippen molar-refractivity contribution in [2.45, 2.75) is 50.6 Å². The van der Waals surface area contributed by atoms with Crippen LogP contribution in [0.2, 0.25) is 0 Å². The largest absolute Gasteiger partial charge is 0.508 e. The van der Waals surface area contributed by atoms with Crippen LogP contribution >= 0.6 is 0 Å². The summed E-state index contributed by atoms with van der Waals surface area (Å²) >= 11 is 0. The maximum Gasteiger partial charge on any atom is 0.323 e. The third kappa shape index (κ3) is 3.05. The first kappa shape index (κ1) is 14.4. The van der Waals surface area contributed by atoms with E-state index in [1.165, 1.54) is 32.8 Å². The fourth-order valence-corrected chi connectivity index (χ4v) is 3.77. The van der Waals surface area contributed by atoms with E-state index in [2.05, 4.69) is 5.32 Å². The van der Waals surface area contributed by atoms with Gasteiger partial charge in [-0.05, 0) is 42.0 Å². The van der Waals surface area contributed by atoms with E-state index < -0.39 is 0 Å². The van der Waals surface area contributed by atoms with E-state index in [4.69, 9.17) is 4.74 Å². The first-order valence-corrected chi connectivity index (χ1v) is 7.83. The molecule has 0 bridgehead atoms. The van der Waals surface area contributed by atoms with Crippen LogP contribution in [-0.2, 0) is 16.0 Å². The maximum atomic E-state index is 11.9. The number of benzene rings is 1. The number of esters is 1. The summed E-state index contributed by atoms with van der Waals surface area (Å²) in [6.07, 6.45) is 6.83. The molecular formula is C17H23NO3. The molecule has 1 fully saturated rings. The number of hydrogen-bond donors (Lipinski definition) is 2. The molecule has 1 aromatic carbocycles. The molecule has 0 aromatic heterocycles. The topological polar surface area (TPSA) is 58.6 Å². The molecule has 1 aliphatic carbocycles. The highest BCUT2D eigenvalue weighted by atomic mass is 16.5. The molecule has 1 aromatic rings. The summed E-state index contributed by atoms with van der Waals surface area (Å²) in [5, 5.41) is 13.2. The van der Waals surface area contributed by atoms with Crippen molar-refractivity contribution in [3.63, 3.8) is 0 Å². The second-order valence-electron chi connectivity index (χ2n) is 6.27. The third-order valence-electron chi connectivity index (χ3n) is 4.86. The lowest BCUT2D eigenvalue weighted by Crippen LogP contribution is -2.45. The Labute approximate surface area is 125 Å². The molecule has 2 atom stereocenters. The highest BCUT2D eigenvalue weighted by Gasteiger charge is 2.33. The summed E-state index contributed by atoms with van der Waals surface area (Å²) < 4.78 is 4.90. The highest BCUT2D eigenvalue weighted by Crippen LogP contribution is 2.37. The van der Waals surface area contributed by atoms with Gasteiger partial charge in [0.05, 0.1) is 7.11 Å². The van der Waals surface area contributed by atoms with Crippen molar-refractivity contribution in [2.24, 2.45) is 5.92 Å². The SMILES string of the molecule is COC(=O)C1Cc2ccc(O)cc2C(CC2CCCC2)N1. The fourth-order valence-electron chi connectivity index (χ4n) is 3.77. The lowest BCUT2D eigenvalue weighted by atomic mass is 9.85. The van der Waals surface area contributed by atoms with Crippen LogP contribution in [0.4, 0.5) is 0 Å².